The van der Waals surface area contributed by atoms with Crippen molar-refractivity contribution in [2.75, 3.05) is 33.9 Å². The van der Waals surface area contributed by atoms with Crippen LogP contribution >= 0.6 is 0 Å². The van der Waals surface area contributed by atoms with E-state index in [1.807, 2.05) is 0 Å². The largest absolute Gasteiger partial charge is 0.380 e. The first-order chi connectivity index (χ1) is 9.58. The number of methoxy groups -OCH3 is 1. The van der Waals surface area contributed by atoms with E-state index in [4.69, 9.17) is 15.2 Å². The number of hydrogen-bond acceptors (Lipinski definition) is 4. The van der Waals surface area contributed by atoms with Gasteiger partial charge in [0.25, 0.3) is 0 Å². The average molecular weight is 280 g/mol. The summed E-state index contributed by atoms with van der Waals surface area (Å²) in [7, 11) is 3.80. The number of rotatable bonds is 9. The molecule has 0 amide bonds. The fourth-order valence-corrected chi connectivity index (χ4v) is 2.16. The van der Waals surface area contributed by atoms with Gasteiger partial charge < -0.3 is 15.2 Å². The van der Waals surface area contributed by atoms with Gasteiger partial charge >= 0.3 is 0 Å². The van der Waals surface area contributed by atoms with Crippen LogP contribution in [0.3, 0.4) is 0 Å². The Morgan fingerprint density at radius 1 is 1.20 bits per heavy atom. The van der Waals surface area contributed by atoms with Crippen LogP contribution in [0.15, 0.2) is 24.3 Å². The monoisotopic (exact) mass is 280 g/mol. The number of ether oxygens (including phenoxy) is 2. The quantitative estimate of drug-likeness (QED) is 0.753. The van der Waals surface area contributed by atoms with Crippen LogP contribution in [0.25, 0.3) is 0 Å². The van der Waals surface area contributed by atoms with Gasteiger partial charge in [-0.05, 0) is 32.0 Å². The molecule has 4 heteroatoms. The van der Waals surface area contributed by atoms with Crippen molar-refractivity contribution in [1.29, 1.82) is 0 Å². The minimum atomic E-state index is 0.224. The van der Waals surface area contributed by atoms with E-state index in [0.717, 1.165) is 13.2 Å². The Kier molecular flexibility index (Phi) is 7.77. The van der Waals surface area contributed by atoms with Gasteiger partial charge in [0.1, 0.15) is 0 Å². The van der Waals surface area contributed by atoms with Crippen molar-refractivity contribution in [3.05, 3.63) is 35.4 Å². The summed E-state index contributed by atoms with van der Waals surface area (Å²) < 4.78 is 10.7. The second-order valence-electron chi connectivity index (χ2n) is 5.33. The molecule has 0 aliphatic heterocycles. The predicted molar refractivity (Wildman–Crippen MR) is 82.7 cm³/mol. The van der Waals surface area contributed by atoms with E-state index in [0.29, 0.717) is 13.2 Å². The molecule has 0 radical (unpaired) electrons. The number of nitrogens with two attached hydrogens (primary N) is 1. The maximum absolute atomic E-state index is 5.93. The molecule has 1 unspecified atom stereocenters. The summed E-state index contributed by atoms with van der Waals surface area (Å²) in [6.45, 7) is 6.95. The van der Waals surface area contributed by atoms with Crippen LogP contribution in [-0.4, -0.2) is 44.9 Å². The van der Waals surface area contributed by atoms with Crippen LogP contribution in [0, 0.1) is 0 Å². The molecule has 20 heavy (non-hydrogen) atoms. The lowest BCUT2D eigenvalue weighted by Gasteiger charge is -2.27. The third kappa shape index (κ3) is 5.59. The lowest BCUT2D eigenvalue weighted by atomic mass is 10.0. The van der Waals surface area contributed by atoms with E-state index >= 15 is 0 Å². The molecule has 0 aromatic heterocycles. The van der Waals surface area contributed by atoms with Gasteiger partial charge in [-0.1, -0.05) is 24.3 Å². The summed E-state index contributed by atoms with van der Waals surface area (Å²) in [6, 6.07) is 8.68. The van der Waals surface area contributed by atoms with Crippen LogP contribution in [0.4, 0.5) is 0 Å². The van der Waals surface area contributed by atoms with Crippen molar-refractivity contribution in [1.82, 2.24) is 4.90 Å². The third-order valence-corrected chi connectivity index (χ3v) is 3.33. The second-order valence-corrected chi connectivity index (χ2v) is 5.33. The Morgan fingerprint density at radius 2 is 1.85 bits per heavy atom. The van der Waals surface area contributed by atoms with Gasteiger partial charge in [0.15, 0.2) is 0 Å². The standard InChI is InChI=1S/C16H28N2O2/c1-13(2)20-10-9-18(3)16(11-17)15-7-5-14(6-8-15)12-19-4/h5-8,13,16H,9-12,17H2,1-4H3. The van der Waals surface area contributed by atoms with Gasteiger partial charge in [-0.3, -0.25) is 4.90 Å². The molecule has 1 rings (SSSR count). The second kappa shape index (κ2) is 9.08. The summed E-state index contributed by atoms with van der Waals surface area (Å²) in [5, 5.41) is 0. The first kappa shape index (κ1) is 17.1. The lowest BCUT2D eigenvalue weighted by Crippen LogP contribution is -2.33. The lowest BCUT2D eigenvalue weighted by molar-refractivity contribution is 0.0564. The van der Waals surface area contributed by atoms with Gasteiger partial charge in [-0.15, -0.1) is 0 Å². The highest BCUT2D eigenvalue weighted by molar-refractivity contribution is 5.25. The molecule has 1 atom stereocenters. The molecule has 2 N–H and O–H groups in total. The molecule has 0 saturated heterocycles. The van der Waals surface area contributed by atoms with Crippen LogP contribution < -0.4 is 5.73 Å². The maximum atomic E-state index is 5.93. The summed E-state index contributed by atoms with van der Waals surface area (Å²) in [6.07, 6.45) is 0.271. The molecule has 0 saturated carbocycles. The van der Waals surface area contributed by atoms with Gasteiger partial charge in [0.05, 0.1) is 19.3 Å². The summed E-state index contributed by atoms with van der Waals surface area (Å²) in [4.78, 5) is 2.24. The van der Waals surface area contributed by atoms with Crippen LogP contribution in [-0.2, 0) is 16.1 Å². The SMILES string of the molecule is COCc1ccc(C(CN)N(C)CCOC(C)C)cc1. The smallest absolute Gasteiger partial charge is 0.0713 e. The minimum Gasteiger partial charge on any atom is -0.380 e. The zero-order valence-corrected chi connectivity index (χ0v) is 13.1. The number of nitrogens with zero attached hydrogens (tertiary/aromatic N) is 1. The molecule has 114 valence electrons. The summed E-state index contributed by atoms with van der Waals surface area (Å²) >= 11 is 0. The van der Waals surface area contributed by atoms with Crippen molar-refractivity contribution in [3.63, 3.8) is 0 Å². The third-order valence-electron chi connectivity index (χ3n) is 3.33. The summed E-state index contributed by atoms with van der Waals surface area (Å²) in [5.74, 6) is 0. The van der Waals surface area contributed by atoms with Gasteiger partial charge in [-0.25, -0.2) is 0 Å². The first-order valence-corrected chi connectivity index (χ1v) is 7.18. The van der Waals surface area contributed by atoms with Crippen LogP contribution in [0.1, 0.15) is 31.0 Å². The van der Waals surface area contributed by atoms with Crippen molar-refractivity contribution in [3.8, 4) is 0 Å². The summed E-state index contributed by atoms with van der Waals surface area (Å²) in [5.41, 5.74) is 8.34. The minimum absolute atomic E-state index is 0.224. The van der Waals surface area contributed by atoms with Crippen molar-refractivity contribution in [2.45, 2.75) is 32.6 Å². The maximum Gasteiger partial charge on any atom is 0.0713 e. The molecule has 0 aliphatic rings. The van der Waals surface area contributed by atoms with E-state index in [-0.39, 0.29) is 12.1 Å². The Hall–Kier alpha value is -0.940. The van der Waals surface area contributed by atoms with Gasteiger partial charge in [0.2, 0.25) is 0 Å². The van der Waals surface area contributed by atoms with E-state index in [2.05, 4.69) is 50.1 Å². The van der Waals surface area contributed by atoms with Crippen molar-refractivity contribution < 1.29 is 9.47 Å². The first-order valence-electron chi connectivity index (χ1n) is 7.18. The Bertz CT molecular complexity index is 365. The van der Waals surface area contributed by atoms with Gasteiger partial charge in [-0.2, -0.15) is 0 Å². The average Bonchev–Trinajstić information content (AvgIpc) is 2.41. The molecular formula is C16H28N2O2. The molecule has 0 heterocycles. The van der Waals surface area contributed by atoms with E-state index in [1.165, 1.54) is 11.1 Å². The highest BCUT2D eigenvalue weighted by atomic mass is 16.5. The highest BCUT2D eigenvalue weighted by Gasteiger charge is 2.15. The molecule has 1 aromatic rings. The molecule has 1 aromatic carbocycles. The zero-order valence-electron chi connectivity index (χ0n) is 13.1. The topological polar surface area (TPSA) is 47.7 Å². The Balaban J connectivity index is 2.59. The van der Waals surface area contributed by atoms with E-state index < -0.39 is 0 Å². The fraction of sp³-hybridized carbons (Fsp3) is 0.625. The van der Waals surface area contributed by atoms with E-state index in [9.17, 15) is 0 Å². The molecule has 0 aliphatic carbocycles. The van der Waals surface area contributed by atoms with Crippen LogP contribution in [0.2, 0.25) is 0 Å². The van der Waals surface area contributed by atoms with Gasteiger partial charge in [0, 0.05) is 26.2 Å². The molecule has 0 fully saturated rings. The molecule has 0 spiro atoms. The van der Waals surface area contributed by atoms with E-state index in [1.54, 1.807) is 7.11 Å². The zero-order chi connectivity index (χ0) is 15.0. The Labute approximate surface area is 122 Å². The number of benzene rings is 1. The fourth-order valence-electron chi connectivity index (χ4n) is 2.16. The Morgan fingerprint density at radius 3 is 2.35 bits per heavy atom. The van der Waals surface area contributed by atoms with Crippen LogP contribution in [0.5, 0.6) is 0 Å². The molecule has 4 nitrogen and oxygen atoms in total. The molecule has 0 bridgehead atoms. The number of hydrogen-bond donors (Lipinski definition) is 1. The van der Waals surface area contributed by atoms with Crippen molar-refractivity contribution >= 4 is 0 Å². The predicted octanol–water partition coefficient (Wildman–Crippen LogP) is 2.19. The normalized spacial score (nSPS) is 13.2. The molecular weight excluding hydrogens is 252 g/mol. The number of likely N-dealkylation sites (N-methyl/N-ethyl adjacent to an activating group) is 1. The van der Waals surface area contributed by atoms with Crippen molar-refractivity contribution in [2.24, 2.45) is 5.73 Å². The highest BCUT2D eigenvalue weighted by Crippen LogP contribution is 2.19.